The number of halogens is 2. The first-order chi connectivity index (χ1) is 4.20. The van der Waals surface area contributed by atoms with Crippen LogP contribution in [0.15, 0.2) is 22.7 Å². The largest absolute Gasteiger partial charge is 0.0566 e. The zero-order chi connectivity index (χ0) is 6.85. The summed E-state index contributed by atoms with van der Waals surface area (Å²) in [7, 11) is 1.14. The van der Waals surface area contributed by atoms with Gasteiger partial charge in [-0.15, -0.1) is 0 Å². The molecule has 0 nitrogen and oxygen atoms in total. The summed E-state index contributed by atoms with van der Waals surface area (Å²) in [6, 6.07) is 6.38. The van der Waals surface area contributed by atoms with E-state index in [0.717, 1.165) is 10.2 Å². The first-order valence-corrected chi connectivity index (χ1v) is 5.49. The van der Waals surface area contributed by atoms with E-state index >= 15 is 0 Å². The van der Waals surface area contributed by atoms with E-state index in [-0.39, 0.29) is 0 Å². The average Bonchev–Trinajstić information content (AvgIpc) is 1.80. The highest BCUT2D eigenvalue weighted by Gasteiger charge is 1.91. The number of hydrogen-bond acceptors (Lipinski definition) is 0. The second-order valence-electron chi connectivity index (χ2n) is 1.89. The third-order valence-electron chi connectivity index (χ3n) is 1.12. The van der Waals surface area contributed by atoms with Crippen molar-refractivity contribution in [1.82, 2.24) is 0 Å². The summed E-state index contributed by atoms with van der Waals surface area (Å²) in [5.41, 5.74) is 0. The molecule has 0 unspecified atom stereocenters. The van der Waals surface area contributed by atoms with Crippen molar-refractivity contribution >= 4 is 54.0 Å². The molecular formula is C6H6BrISi. The van der Waals surface area contributed by atoms with Crippen LogP contribution in [0.1, 0.15) is 0 Å². The summed E-state index contributed by atoms with van der Waals surface area (Å²) in [4.78, 5) is 0. The molecule has 1 aromatic carbocycles. The monoisotopic (exact) mass is 312 g/mol. The van der Waals surface area contributed by atoms with Crippen molar-refractivity contribution in [2.45, 2.75) is 0 Å². The quantitative estimate of drug-likeness (QED) is 0.496. The van der Waals surface area contributed by atoms with E-state index in [0.29, 0.717) is 0 Å². The Bertz CT molecular complexity index is 224. The highest BCUT2D eigenvalue weighted by atomic mass is 127. The van der Waals surface area contributed by atoms with Crippen molar-refractivity contribution in [2.75, 3.05) is 0 Å². The third-order valence-corrected chi connectivity index (χ3v) is 4.67. The Balaban J connectivity index is 3.17. The molecule has 0 N–H and O–H groups in total. The van der Waals surface area contributed by atoms with Gasteiger partial charge in [0.1, 0.15) is 0 Å². The Morgan fingerprint density at radius 1 is 1.44 bits per heavy atom. The van der Waals surface area contributed by atoms with Crippen LogP contribution in [0.25, 0.3) is 0 Å². The molecule has 0 atom stereocenters. The molecule has 0 aliphatic heterocycles. The summed E-state index contributed by atoms with van der Waals surface area (Å²) in [6.07, 6.45) is 0. The van der Waals surface area contributed by atoms with Gasteiger partial charge in [0.05, 0.1) is 0 Å². The minimum Gasteiger partial charge on any atom is -0.0566 e. The summed E-state index contributed by atoms with van der Waals surface area (Å²) in [5, 5.41) is 1.46. The SMILES string of the molecule is [SiH3]c1cc(Br)ccc1I. The lowest BCUT2D eigenvalue weighted by Crippen LogP contribution is -2.05. The third kappa shape index (κ3) is 2.05. The topological polar surface area (TPSA) is 0 Å². The molecule has 0 bridgehead atoms. The predicted octanol–water partition coefficient (Wildman–Crippen LogP) is 1.04. The second kappa shape index (κ2) is 3.16. The molecule has 0 aliphatic carbocycles. The second-order valence-corrected chi connectivity index (χ2v) is 5.05. The van der Waals surface area contributed by atoms with Gasteiger partial charge in [-0.2, -0.15) is 0 Å². The molecule has 0 aliphatic rings. The Labute approximate surface area is 79.7 Å². The molecule has 0 amide bonds. The molecule has 3 heteroatoms. The molecule has 0 radical (unpaired) electrons. The Hall–Kier alpha value is 0.647. The van der Waals surface area contributed by atoms with Gasteiger partial charge in [0.2, 0.25) is 0 Å². The van der Waals surface area contributed by atoms with Crippen LogP contribution in [0.2, 0.25) is 0 Å². The summed E-state index contributed by atoms with van der Waals surface area (Å²) in [6.45, 7) is 0. The standard InChI is InChI=1S/C6H6BrISi/c7-4-1-2-5(8)6(9)3-4/h1-3H,9H3. The van der Waals surface area contributed by atoms with E-state index in [9.17, 15) is 0 Å². The minimum absolute atomic E-state index is 1.14. The van der Waals surface area contributed by atoms with Crippen molar-refractivity contribution in [3.63, 3.8) is 0 Å². The minimum atomic E-state index is 1.14. The first-order valence-electron chi connectivity index (χ1n) is 2.62. The molecule has 9 heavy (non-hydrogen) atoms. The van der Waals surface area contributed by atoms with Crippen LogP contribution in [0.3, 0.4) is 0 Å². The zero-order valence-electron chi connectivity index (χ0n) is 4.99. The molecule has 1 aromatic rings. The van der Waals surface area contributed by atoms with Crippen LogP contribution < -0.4 is 5.19 Å². The average molecular weight is 313 g/mol. The van der Waals surface area contributed by atoms with E-state index in [2.05, 4.69) is 56.7 Å². The molecule has 0 saturated carbocycles. The van der Waals surface area contributed by atoms with Crippen molar-refractivity contribution < 1.29 is 0 Å². The van der Waals surface area contributed by atoms with Gasteiger partial charge in [0, 0.05) is 18.3 Å². The lowest BCUT2D eigenvalue weighted by Gasteiger charge is -1.95. The molecule has 0 saturated heterocycles. The van der Waals surface area contributed by atoms with Crippen LogP contribution >= 0.6 is 38.5 Å². The number of hydrogen-bond donors (Lipinski definition) is 0. The summed E-state index contributed by atoms with van der Waals surface area (Å²) >= 11 is 5.77. The van der Waals surface area contributed by atoms with Crippen LogP contribution in [-0.4, -0.2) is 10.2 Å². The molecule has 0 fully saturated rings. The maximum Gasteiger partial charge on any atom is 0.0399 e. The Morgan fingerprint density at radius 2 is 2.11 bits per heavy atom. The van der Waals surface area contributed by atoms with Crippen molar-refractivity contribution in [3.8, 4) is 0 Å². The summed E-state index contributed by atoms with van der Waals surface area (Å²) in [5.74, 6) is 0. The molecule has 0 heterocycles. The Kier molecular flexibility index (Phi) is 2.72. The maximum absolute atomic E-state index is 3.42. The molecule has 1 rings (SSSR count). The predicted molar refractivity (Wildman–Crippen MR) is 56.4 cm³/mol. The van der Waals surface area contributed by atoms with Gasteiger partial charge >= 0.3 is 0 Å². The number of rotatable bonds is 0. The molecule has 0 aromatic heterocycles. The molecule has 0 spiro atoms. The Morgan fingerprint density at radius 3 is 2.56 bits per heavy atom. The van der Waals surface area contributed by atoms with Crippen LogP contribution in [-0.2, 0) is 0 Å². The van der Waals surface area contributed by atoms with E-state index < -0.39 is 0 Å². The molecule has 48 valence electrons. The highest BCUT2D eigenvalue weighted by molar-refractivity contribution is 14.1. The normalized spacial score (nSPS) is 10.0. The lowest BCUT2D eigenvalue weighted by atomic mass is 10.4. The van der Waals surface area contributed by atoms with Gasteiger partial charge in [0.25, 0.3) is 0 Å². The van der Waals surface area contributed by atoms with Gasteiger partial charge in [-0.05, 0) is 40.8 Å². The van der Waals surface area contributed by atoms with E-state index in [1.54, 1.807) is 0 Å². The van der Waals surface area contributed by atoms with Crippen molar-refractivity contribution in [3.05, 3.63) is 26.2 Å². The summed E-state index contributed by atoms with van der Waals surface area (Å²) < 4.78 is 2.57. The van der Waals surface area contributed by atoms with Crippen molar-refractivity contribution in [2.24, 2.45) is 0 Å². The fourth-order valence-corrected chi connectivity index (χ4v) is 2.32. The van der Waals surface area contributed by atoms with Gasteiger partial charge in [-0.3, -0.25) is 0 Å². The smallest absolute Gasteiger partial charge is 0.0399 e. The lowest BCUT2D eigenvalue weighted by molar-refractivity contribution is 1.66. The van der Waals surface area contributed by atoms with Gasteiger partial charge in [-0.25, -0.2) is 0 Å². The number of benzene rings is 1. The van der Waals surface area contributed by atoms with Crippen LogP contribution in [0, 0.1) is 3.57 Å². The fraction of sp³-hybridized carbons (Fsp3) is 0. The fourth-order valence-electron chi connectivity index (χ4n) is 0.608. The van der Waals surface area contributed by atoms with Gasteiger partial charge < -0.3 is 0 Å². The van der Waals surface area contributed by atoms with Crippen LogP contribution in [0.5, 0.6) is 0 Å². The first kappa shape index (κ1) is 7.75. The van der Waals surface area contributed by atoms with Gasteiger partial charge in [0.15, 0.2) is 0 Å². The zero-order valence-corrected chi connectivity index (χ0v) is 10.7. The molecular weight excluding hydrogens is 307 g/mol. The maximum atomic E-state index is 3.42. The van der Waals surface area contributed by atoms with Crippen molar-refractivity contribution in [1.29, 1.82) is 0 Å². The van der Waals surface area contributed by atoms with Gasteiger partial charge in [-0.1, -0.05) is 21.1 Å². The van der Waals surface area contributed by atoms with E-state index in [1.807, 2.05) is 0 Å². The van der Waals surface area contributed by atoms with Crippen LogP contribution in [0.4, 0.5) is 0 Å². The van der Waals surface area contributed by atoms with E-state index in [1.165, 1.54) is 13.2 Å². The van der Waals surface area contributed by atoms with E-state index in [4.69, 9.17) is 0 Å². The highest BCUT2D eigenvalue weighted by Crippen LogP contribution is 2.08.